The number of nitrogens with zero attached hydrogens (tertiary/aromatic N) is 3. The van der Waals surface area contributed by atoms with Crippen molar-refractivity contribution in [3.05, 3.63) is 47.2 Å². The van der Waals surface area contributed by atoms with Crippen LogP contribution in [0.5, 0.6) is 11.5 Å². The third-order valence-corrected chi connectivity index (χ3v) is 4.86. The highest BCUT2D eigenvalue weighted by Crippen LogP contribution is 2.35. The zero-order valence-electron chi connectivity index (χ0n) is 19.1. The summed E-state index contributed by atoms with van der Waals surface area (Å²) >= 11 is 0. The number of aliphatic imine (C=N–C) groups is 1. The predicted octanol–water partition coefficient (Wildman–Crippen LogP) is 3.74. The summed E-state index contributed by atoms with van der Waals surface area (Å²) in [5.74, 6) is 3.55. The number of guanidine groups is 1. The largest absolute Gasteiger partial charge is 0.494 e. The van der Waals surface area contributed by atoms with E-state index in [0.29, 0.717) is 19.7 Å². The number of hydrogen-bond acceptors (Lipinski definition) is 5. The van der Waals surface area contributed by atoms with Crippen molar-refractivity contribution >= 4 is 35.8 Å². The van der Waals surface area contributed by atoms with Crippen molar-refractivity contribution in [3.8, 4) is 11.5 Å². The molecule has 0 fully saturated rings. The Morgan fingerprint density at radius 3 is 2.77 bits per heavy atom. The van der Waals surface area contributed by atoms with E-state index in [9.17, 15) is 0 Å². The zero-order chi connectivity index (χ0) is 21.5. The molecular weight excluding hydrogens is 505 g/mol. The van der Waals surface area contributed by atoms with Crippen LogP contribution in [-0.2, 0) is 19.5 Å². The van der Waals surface area contributed by atoms with Gasteiger partial charge < -0.3 is 25.0 Å². The Balaban J connectivity index is 0.00000341. The molecule has 2 N–H and O–H groups in total. The number of fused-ring (bicyclic) bond motifs is 1. The molecule has 0 saturated carbocycles. The van der Waals surface area contributed by atoms with Gasteiger partial charge in [0.05, 0.1) is 13.2 Å². The Labute approximate surface area is 202 Å². The van der Waals surface area contributed by atoms with Crippen LogP contribution in [0, 0.1) is 0 Å². The molecule has 2 heterocycles. The summed E-state index contributed by atoms with van der Waals surface area (Å²) in [7, 11) is 3.97. The Bertz CT molecular complexity index is 888. The molecule has 1 aromatic carbocycles. The third-order valence-electron chi connectivity index (χ3n) is 4.86. The zero-order valence-corrected chi connectivity index (χ0v) is 21.4. The molecule has 1 aromatic heterocycles. The number of hydrogen-bond donors (Lipinski definition) is 2. The summed E-state index contributed by atoms with van der Waals surface area (Å²) in [5, 5.41) is 6.74. The fraction of sp³-hybridized carbons (Fsp3) is 0.478. The summed E-state index contributed by atoms with van der Waals surface area (Å²) < 4.78 is 11.8. The first-order valence-corrected chi connectivity index (χ1v) is 10.6. The molecule has 1 atom stereocenters. The number of benzene rings is 1. The number of anilines is 1. The van der Waals surface area contributed by atoms with Crippen LogP contribution in [0.15, 0.2) is 35.5 Å². The molecular formula is C23H34IN5O2. The topological polar surface area (TPSA) is 71.0 Å². The average Bonchev–Trinajstić information content (AvgIpc) is 3.09. The second-order valence-corrected chi connectivity index (χ2v) is 7.60. The van der Waals surface area contributed by atoms with Crippen molar-refractivity contribution in [3.63, 3.8) is 0 Å². The number of aromatic nitrogens is 1. The minimum absolute atomic E-state index is 0. The smallest absolute Gasteiger partial charge is 0.191 e. The maximum atomic E-state index is 5.93. The lowest BCUT2D eigenvalue weighted by molar-refractivity contribution is 0.254. The Hall–Kier alpha value is -2.23. The quantitative estimate of drug-likeness (QED) is 0.303. The molecule has 7 nitrogen and oxygen atoms in total. The molecule has 0 spiro atoms. The Morgan fingerprint density at radius 2 is 2.06 bits per heavy atom. The molecule has 1 aliphatic heterocycles. The first-order valence-electron chi connectivity index (χ1n) is 10.6. The predicted molar refractivity (Wildman–Crippen MR) is 137 cm³/mol. The minimum atomic E-state index is 0. The van der Waals surface area contributed by atoms with Crippen molar-refractivity contribution in [2.24, 2.45) is 4.99 Å². The summed E-state index contributed by atoms with van der Waals surface area (Å²) in [6.07, 6.45) is 2.96. The van der Waals surface area contributed by atoms with E-state index in [1.807, 2.05) is 38.2 Å². The van der Waals surface area contributed by atoms with E-state index in [-0.39, 0.29) is 30.1 Å². The second kappa shape index (κ2) is 12.0. The SMILES string of the molecule is CCNC(=NCc1ccnc(N(C)C)c1)NCc1cc2c(cc1OCC)CC(C)O2.I. The molecule has 1 aliphatic rings. The number of nitrogens with one attached hydrogen (secondary N) is 2. The number of pyridine rings is 1. The van der Waals surface area contributed by atoms with Crippen molar-refractivity contribution in [2.75, 3.05) is 32.1 Å². The second-order valence-electron chi connectivity index (χ2n) is 7.60. The highest BCUT2D eigenvalue weighted by atomic mass is 127. The van der Waals surface area contributed by atoms with E-state index in [0.717, 1.165) is 47.4 Å². The fourth-order valence-electron chi connectivity index (χ4n) is 3.40. The van der Waals surface area contributed by atoms with E-state index in [1.54, 1.807) is 0 Å². The lowest BCUT2D eigenvalue weighted by atomic mass is 10.1. The van der Waals surface area contributed by atoms with E-state index >= 15 is 0 Å². The molecule has 31 heavy (non-hydrogen) atoms. The van der Waals surface area contributed by atoms with Crippen molar-refractivity contribution in [1.82, 2.24) is 15.6 Å². The third kappa shape index (κ3) is 6.88. The van der Waals surface area contributed by atoms with Crippen LogP contribution < -0.4 is 25.0 Å². The van der Waals surface area contributed by atoms with Gasteiger partial charge in [-0.15, -0.1) is 24.0 Å². The molecule has 170 valence electrons. The van der Waals surface area contributed by atoms with Crippen LogP contribution in [0.4, 0.5) is 5.82 Å². The highest BCUT2D eigenvalue weighted by molar-refractivity contribution is 14.0. The van der Waals surface area contributed by atoms with E-state index < -0.39 is 0 Å². The highest BCUT2D eigenvalue weighted by Gasteiger charge is 2.21. The van der Waals surface area contributed by atoms with E-state index in [1.165, 1.54) is 5.56 Å². The fourth-order valence-corrected chi connectivity index (χ4v) is 3.40. The first kappa shape index (κ1) is 25.0. The molecule has 2 aromatic rings. The van der Waals surface area contributed by atoms with Gasteiger partial charge in [0.15, 0.2) is 5.96 Å². The summed E-state index contributed by atoms with van der Waals surface area (Å²) in [5.41, 5.74) is 3.39. The van der Waals surface area contributed by atoms with Gasteiger partial charge in [-0.3, -0.25) is 0 Å². The lowest BCUT2D eigenvalue weighted by Gasteiger charge is -2.16. The lowest BCUT2D eigenvalue weighted by Crippen LogP contribution is -2.36. The molecule has 0 aliphatic carbocycles. The normalized spacial score (nSPS) is 14.9. The summed E-state index contributed by atoms with van der Waals surface area (Å²) in [6, 6.07) is 8.25. The summed E-state index contributed by atoms with van der Waals surface area (Å²) in [6.45, 7) is 8.75. The Kier molecular flexibility index (Phi) is 9.67. The van der Waals surface area contributed by atoms with Gasteiger partial charge in [-0.1, -0.05) is 0 Å². The van der Waals surface area contributed by atoms with Crippen LogP contribution >= 0.6 is 24.0 Å². The number of rotatable bonds is 8. The molecule has 0 saturated heterocycles. The first-order chi connectivity index (χ1) is 14.5. The maximum Gasteiger partial charge on any atom is 0.191 e. The van der Waals surface area contributed by atoms with Gasteiger partial charge >= 0.3 is 0 Å². The van der Waals surface area contributed by atoms with Crippen molar-refractivity contribution in [2.45, 2.75) is 46.4 Å². The number of ether oxygens (including phenoxy) is 2. The summed E-state index contributed by atoms with van der Waals surface area (Å²) in [4.78, 5) is 11.1. The number of halogens is 1. The van der Waals surface area contributed by atoms with Crippen LogP contribution in [0.3, 0.4) is 0 Å². The van der Waals surface area contributed by atoms with Crippen LogP contribution in [0.25, 0.3) is 0 Å². The van der Waals surface area contributed by atoms with Crippen LogP contribution in [-0.4, -0.2) is 44.3 Å². The molecule has 8 heteroatoms. The van der Waals surface area contributed by atoms with Crippen LogP contribution in [0.1, 0.15) is 37.5 Å². The van der Waals surface area contributed by atoms with Gasteiger partial charge in [-0.25, -0.2) is 9.98 Å². The minimum Gasteiger partial charge on any atom is -0.494 e. The van der Waals surface area contributed by atoms with Gasteiger partial charge in [-0.05, 0) is 50.6 Å². The molecule has 0 radical (unpaired) electrons. The van der Waals surface area contributed by atoms with E-state index in [2.05, 4.69) is 47.7 Å². The van der Waals surface area contributed by atoms with Gasteiger partial charge in [0.25, 0.3) is 0 Å². The Morgan fingerprint density at radius 1 is 1.26 bits per heavy atom. The molecule has 0 amide bonds. The maximum absolute atomic E-state index is 5.93. The van der Waals surface area contributed by atoms with E-state index in [4.69, 9.17) is 14.5 Å². The van der Waals surface area contributed by atoms with Gasteiger partial charge in [0.2, 0.25) is 0 Å². The molecule has 0 bridgehead atoms. The molecule has 3 rings (SSSR count). The van der Waals surface area contributed by atoms with Crippen LogP contribution in [0.2, 0.25) is 0 Å². The van der Waals surface area contributed by atoms with Gasteiger partial charge in [0, 0.05) is 50.9 Å². The molecule has 1 unspecified atom stereocenters. The monoisotopic (exact) mass is 539 g/mol. The standard InChI is InChI=1S/C23H33N5O2.HI/c1-6-24-23(26-14-17-8-9-25-22(11-17)28(4)5)27-15-19-13-21-18(10-16(3)30-21)12-20(19)29-7-2;/h8-9,11-13,16H,6-7,10,14-15H2,1-5H3,(H2,24,26,27);1H. The average molecular weight is 539 g/mol. The van der Waals surface area contributed by atoms with Gasteiger partial charge in [-0.2, -0.15) is 0 Å². The van der Waals surface area contributed by atoms with Crippen molar-refractivity contribution in [1.29, 1.82) is 0 Å². The van der Waals surface area contributed by atoms with Crippen molar-refractivity contribution < 1.29 is 9.47 Å². The van der Waals surface area contributed by atoms with Gasteiger partial charge in [0.1, 0.15) is 23.4 Å².